The molecule has 126 valence electrons. The summed E-state index contributed by atoms with van der Waals surface area (Å²) in [4.78, 5) is 4.87. The van der Waals surface area contributed by atoms with Gasteiger partial charge in [0.25, 0.3) is 0 Å². The highest BCUT2D eigenvalue weighted by Gasteiger charge is 2.39. The van der Waals surface area contributed by atoms with E-state index >= 15 is 0 Å². The summed E-state index contributed by atoms with van der Waals surface area (Å²) in [6.45, 7) is 2.99. The maximum Gasteiger partial charge on any atom is 0.246 e. The van der Waals surface area contributed by atoms with E-state index in [0.29, 0.717) is 29.8 Å². The van der Waals surface area contributed by atoms with Crippen molar-refractivity contribution in [2.24, 2.45) is 0 Å². The number of rotatable bonds is 2. The zero-order chi connectivity index (χ0) is 16.2. The first-order valence-electron chi connectivity index (χ1n) is 8.17. The number of sulfonamides is 1. The molecule has 3 aliphatic heterocycles. The smallest absolute Gasteiger partial charge is 0.246 e. The third kappa shape index (κ3) is 2.51. The molecule has 0 aromatic heterocycles. The Hall–Kier alpha value is -1.31. The van der Waals surface area contributed by atoms with E-state index in [4.69, 9.17) is 4.74 Å². The normalized spacial score (nSPS) is 31.8. The van der Waals surface area contributed by atoms with Gasteiger partial charge in [0.2, 0.25) is 10.0 Å². The van der Waals surface area contributed by atoms with Crippen LogP contribution in [0.4, 0.5) is 5.69 Å². The number of likely N-dealkylation sites (N-methyl/N-ethyl adjacent to an activating group) is 1. The van der Waals surface area contributed by atoms with E-state index in [1.54, 1.807) is 10.4 Å². The zero-order valence-corrected chi connectivity index (χ0v) is 14.4. The van der Waals surface area contributed by atoms with E-state index in [9.17, 15) is 8.42 Å². The van der Waals surface area contributed by atoms with Gasteiger partial charge in [-0.25, -0.2) is 8.42 Å². The molecule has 2 saturated heterocycles. The van der Waals surface area contributed by atoms with Crippen molar-refractivity contribution in [3.8, 4) is 5.75 Å². The number of nitrogens with zero attached hydrogens (tertiary/aromatic N) is 3. The molecule has 0 spiro atoms. The third-order valence-electron chi connectivity index (χ3n) is 5.21. The fourth-order valence-electron chi connectivity index (χ4n) is 3.73. The van der Waals surface area contributed by atoms with Gasteiger partial charge in [0.15, 0.2) is 0 Å². The monoisotopic (exact) mass is 337 g/mol. The Morgan fingerprint density at radius 2 is 2.00 bits per heavy atom. The van der Waals surface area contributed by atoms with Crippen LogP contribution in [0.2, 0.25) is 0 Å². The average Bonchev–Trinajstić information content (AvgIpc) is 3.13. The van der Waals surface area contributed by atoms with Crippen molar-refractivity contribution >= 4 is 15.7 Å². The van der Waals surface area contributed by atoms with Crippen LogP contribution < -0.4 is 9.64 Å². The lowest BCUT2D eigenvalue weighted by atomic mass is 10.2. The fraction of sp³-hybridized carbons (Fsp3) is 0.625. The van der Waals surface area contributed by atoms with Crippen LogP contribution in [-0.2, 0) is 10.0 Å². The summed E-state index contributed by atoms with van der Waals surface area (Å²) in [5.41, 5.74) is 1.05. The van der Waals surface area contributed by atoms with Gasteiger partial charge in [-0.3, -0.25) is 0 Å². The maximum atomic E-state index is 12.7. The molecule has 0 N–H and O–H groups in total. The highest BCUT2D eigenvalue weighted by Crippen LogP contribution is 2.38. The molecule has 3 heterocycles. The standard InChI is InChI=1S/C16H23N3O3S/c1-17(2)13-5-7-18(10-13)12-3-4-16-15(9-12)22-14-6-8-19(11-14)23(16,20)21/h3-4,9,13-14H,5-8,10-11H2,1-2H3/t13-,14+/m0/s1. The lowest BCUT2D eigenvalue weighted by Gasteiger charge is -2.23. The maximum absolute atomic E-state index is 12.7. The fourth-order valence-corrected chi connectivity index (χ4v) is 5.32. The van der Waals surface area contributed by atoms with E-state index in [2.05, 4.69) is 23.9 Å². The van der Waals surface area contributed by atoms with Gasteiger partial charge < -0.3 is 14.5 Å². The van der Waals surface area contributed by atoms with E-state index < -0.39 is 10.0 Å². The molecular weight excluding hydrogens is 314 g/mol. The summed E-state index contributed by atoms with van der Waals surface area (Å²) in [5, 5.41) is 0. The molecule has 23 heavy (non-hydrogen) atoms. The van der Waals surface area contributed by atoms with Gasteiger partial charge in [-0.1, -0.05) is 0 Å². The van der Waals surface area contributed by atoms with Crippen LogP contribution in [0, 0.1) is 0 Å². The summed E-state index contributed by atoms with van der Waals surface area (Å²) < 4.78 is 32.9. The van der Waals surface area contributed by atoms with Crippen LogP contribution in [0.3, 0.4) is 0 Å². The number of anilines is 1. The van der Waals surface area contributed by atoms with E-state index in [1.807, 2.05) is 12.1 Å². The SMILES string of the molecule is CN(C)[C@H]1CCN(c2ccc3c(c2)O[C@@H]2CCN(C2)S3(=O)=O)C1. The number of hydrogen-bond donors (Lipinski definition) is 0. The molecule has 1 aromatic rings. The lowest BCUT2D eigenvalue weighted by molar-refractivity contribution is 0.215. The predicted molar refractivity (Wildman–Crippen MR) is 88.5 cm³/mol. The van der Waals surface area contributed by atoms with Crippen LogP contribution in [-0.4, -0.2) is 70.0 Å². The summed E-state index contributed by atoms with van der Waals surface area (Å²) in [6.07, 6.45) is 1.88. The Kier molecular flexibility index (Phi) is 3.55. The van der Waals surface area contributed by atoms with Gasteiger partial charge in [0.05, 0.1) is 6.54 Å². The second-order valence-electron chi connectivity index (χ2n) is 6.87. The van der Waals surface area contributed by atoms with Gasteiger partial charge in [-0.15, -0.1) is 0 Å². The second kappa shape index (κ2) is 5.36. The Morgan fingerprint density at radius 1 is 1.17 bits per heavy atom. The minimum Gasteiger partial charge on any atom is -0.487 e. The van der Waals surface area contributed by atoms with Crippen LogP contribution in [0.5, 0.6) is 5.75 Å². The minimum atomic E-state index is -3.41. The number of hydrogen-bond acceptors (Lipinski definition) is 5. The van der Waals surface area contributed by atoms with E-state index in [1.165, 1.54) is 0 Å². The van der Waals surface area contributed by atoms with Crippen molar-refractivity contribution in [2.75, 3.05) is 45.2 Å². The first kappa shape index (κ1) is 15.2. The highest BCUT2D eigenvalue weighted by atomic mass is 32.2. The molecule has 3 aliphatic rings. The van der Waals surface area contributed by atoms with Gasteiger partial charge in [0, 0.05) is 37.4 Å². The quantitative estimate of drug-likeness (QED) is 0.805. The molecular formula is C16H23N3O3S. The van der Waals surface area contributed by atoms with Crippen molar-refractivity contribution in [3.63, 3.8) is 0 Å². The van der Waals surface area contributed by atoms with Crippen molar-refractivity contribution in [1.29, 1.82) is 0 Å². The molecule has 0 radical (unpaired) electrons. The first-order chi connectivity index (χ1) is 10.9. The molecule has 1 aromatic carbocycles. The van der Waals surface area contributed by atoms with Gasteiger partial charge in [0.1, 0.15) is 16.7 Å². The first-order valence-corrected chi connectivity index (χ1v) is 9.61. The molecule has 4 rings (SSSR count). The summed E-state index contributed by atoms with van der Waals surface area (Å²) in [5.74, 6) is 0.517. The van der Waals surface area contributed by atoms with Gasteiger partial charge in [-0.2, -0.15) is 4.31 Å². The Morgan fingerprint density at radius 3 is 2.74 bits per heavy atom. The van der Waals surface area contributed by atoms with Crippen LogP contribution in [0.25, 0.3) is 0 Å². The van der Waals surface area contributed by atoms with Crippen molar-refractivity contribution in [1.82, 2.24) is 9.21 Å². The number of benzene rings is 1. The molecule has 3 atom stereocenters. The van der Waals surface area contributed by atoms with Crippen molar-refractivity contribution < 1.29 is 13.2 Å². The molecule has 2 bridgehead atoms. The molecule has 0 aliphatic carbocycles. The molecule has 6 nitrogen and oxygen atoms in total. The Bertz CT molecular complexity index is 719. The van der Waals surface area contributed by atoms with Crippen LogP contribution >= 0.6 is 0 Å². The summed E-state index contributed by atoms with van der Waals surface area (Å²) >= 11 is 0. The average molecular weight is 337 g/mol. The van der Waals surface area contributed by atoms with Crippen molar-refractivity contribution in [2.45, 2.75) is 29.9 Å². The largest absolute Gasteiger partial charge is 0.487 e. The molecule has 0 amide bonds. The minimum absolute atomic E-state index is 0.0191. The Labute approximate surface area is 137 Å². The topological polar surface area (TPSA) is 53.1 Å². The Balaban J connectivity index is 1.67. The van der Waals surface area contributed by atoms with E-state index in [-0.39, 0.29) is 6.10 Å². The van der Waals surface area contributed by atoms with Crippen LogP contribution in [0.15, 0.2) is 23.1 Å². The molecule has 2 fully saturated rings. The number of ether oxygens (including phenoxy) is 1. The molecule has 0 saturated carbocycles. The zero-order valence-electron chi connectivity index (χ0n) is 13.6. The van der Waals surface area contributed by atoms with E-state index in [0.717, 1.165) is 31.6 Å². The second-order valence-corrected chi connectivity index (χ2v) is 8.78. The van der Waals surface area contributed by atoms with Crippen LogP contribution in [0.1, 0.15) is 12.8 Å². The predicted octanol–water partition coefficient (Wildman–Crippen LogP) is 0.982. The lowest BCUT2D eigenvalue weighted by Crippen LogP contribution is -2.31. The summed E-state index contributed by atoms with van der Waals surface area (Å²) in [7, 11) is 0.796. The molecule has 7 heteroatoms. The summed E-state index contributed by atoms with van der Waals surface area (Å²) in [6, 6.07) is 6.08. The van der Waals surface area contributed by atoms with Gasteiger partial charge in [-0.05, 0) is 39.1 Å². The number of fused-ring (bicyclic) bond motifs is 3. The molecule has 1 unspecified atom stereocenters. The third-order valence-corrected chi connectivity index (χ3v) is 7.11. The van der Waals surface area contributed by atoms with Crippen molar-refractivity contribution in [3.05, 3.63) is 18.2 Å². The van der Waals surface area contributed by atoms with Gasteiger partial charge >= 0.3 is 0 Å². The highest BCUT2D eigenvalue weighted by molar-refractivity contribution is 7.89.